The van der Waals surface area contributed by atoms with Gasteiger partial charge in [0.1, 0.15) is 17.1 Å². The fraction of sp³-hybridized carbons (Fsp3) is 0.188. The van der Waals surface area contributed by atoms with Gasteiger partial charge in [-0.3, -0.25) is 4.72 Å². The van der Waals surface area contributed by atoms with Crippen molar-refractivity contribution in [1.29, 1.82) is 0 Å². The Morgan fingerprint density at radius 3 is 2.67 bits per heavy atom. The fourth-order valence-corrected chi connectivity index (χ4v) is 3.59. The third-order valence-electron chi connectivity index (χ3n) is 3.67. The Hall–Kier alpha value is -2.74. The molecular weight excluding hydrogens is 334 g/mol. The van der Waals surface area contributed by atoms with E-state index in [0.717, 1.165) is 30.5 Å². The predicted molar refractivity (Wildman–Crippen MR) is 86.1 cm³/mol. The summed E-state index contributed by atoms with van der Waals surface area (Å²) in [6, 6.07) is 8.09. The molecule has 126 valence electrons. The number of carboxylic acids is 1. The summed E-state index contributed by atoms with van der Waals surface area (Å²) in [5.74, 6) is -1.12. The smallest absolute Gasteiger partial charge is 0.339 e. The van der Waals surface area contributed by atoms with Gasteiger partial charge < -0.3 is 14.9 Å². The molecule has 0 aliphatic carbocycles. The van der Waals surface area contributed by atoms with Gasteiger partial charge in [0.2, 0.25) is 0 Å². The quantitative estimate of drug-likeness (QED) is 0.780. The van der Waals surface area contributed by atoms with Gasteiger partial charge >= 0.3 is 5.97 Å². The van der Waals surface area contributed by atoms with Gasteiger partial charge in [-0.05, 0) is 48.7 Å². The summed E-state index contributed by atoms with van der Waals surface area (Å²) in [5, 5.41) is 18.5. The number of hydrogen-bond acceptors (Lipinski definition) is 5. The molecule has 0 saturated heterocycles. The second-order valence-corrected chi connectivity index (χ2v) is 7.05. The summed E-state index contributed by atoms with van der Waals surface area (Å²) in [4.78, 5) is 10.9. The first-order valence-corrected chi connectivity index (χ1v) is 8.70. The van der Waals surface area contributed by atoms with Gasteiger partial charge in [0, 0.05) is 6.07 Å². The second kappa shape index (κ2) is 6.04. The summed E-state index contributed by atoms with van der Waals surface area (Å²) >= 11 is 0. The number of ether oxygens (including phenoxy) is 1. The first-order chi connectivity index (χ1) is 11.4. The number of hydrogen-bond donors (Lipinski definition) is 3. The number of aromatic carboxylic acids is 1. The zero-order chi connectivity index (χ0) is 17.3. The standard InChI is InChI=1S/C16H15NO6S/c18-14-9-11(3-5-13(14)16(19)20)17-24(21,22)12-4-6-15-10(8-12)2-1-7-23-15/h3-6,8-9,17-18H,1-2,7H2,(H,19,20). The highest BCUT2D eigenvalue weighted by atomic mass is 32.2. The number of aryl methyl sites for hydroxylation is 1. The third-order valence-corrected chi connectivity index (χ3v) is 5.05. The Morgan fingerprint density at radius 1 is 1.17 bits per heavy atom. The van der Waals surface area contributed by atoms with Crippen molar-refractivity contribution in [3.8, 4) is 11.5 Å². The van der Waals surface area contributed by atoms with Crippen LogP contribution in [0.4, 0.5) is 5.69 Å². The molecule has 0 fully saturated rings. The molecule has 1 aliphatic rings. The van der Waals surface area contributed by atoms with Crippen molar-refractivity contribution in [2.75, 3.05) is 11.3 Å². The topological polar surface area (TPSA) is 113 Å². The molecule has 0 spiro atoms. The molecule has 7 nitrogen and oxygen atoms in total. The number of carbonyl (C=O) groups is 1. The van der Waals surface area contributed by atoms with E-state index in [1.54, 1.807) is 12.1 Å². The molecule has 0 radical (unpaired) electrons. The van der Waals surface area contributed by atoms with Crippen molar-refractivity contribution >= 4 is 21.7 Å². The van der Waals surface area contributed by atoms with Crippen molar-refractivity contribution in [2.24, 2.45) is 0 Å². The van der Waals surface area contributed by atoms with Crippen molar-refractivity contribution in [1.82, 2.24) is 0 Å². The molecule has 0 unspecified atom stereocenters. The highest BCUT2D eigenvalue weighted by Gasteiger charge is 2.19. The monoisotopic (exact) mass is 349 g/mol. The van der Waals surface area contributed by atoms with Crippen LogP contribution in [0.2, 0.25) is 0 Å². The molecule has 0 saturated carbocycles. The number of phenols is 1. The SMILES string of the molecule is O=C(O)c1ccc(NS(=O)(=O)c2ccc3c(c2)CCCO3)cc1O. The van der Waals surface area contributed by atoms with E-state index < -0.39 is 21.7 Å². The van der Waals surface area contributed by atoms with Gasteiger partial charge in [0.25, 0.3) is 10.0 Å². The average Bonchev–Trinajstić information content (AvgIpc) is 2.53. The van der Waals surface area contributed by atoms with Crippen LogP contribution >= 0.6 is 0 Å². The molecule has 8 heteroatoms. The van der Waals surface area contributed by atoms with E-state index in [1.165, 1.54) is 12.1 Å². The van der Waals surface area contributed by atoms with Gasteiger partial charge in [-0.1, -0.05) is 0 Å². The lowest BCUT2D eigenvalue weighted by atomic mass is 10.1. The van der Waals surface area contributed by atoms with Gasteiger partial charge in [-0.25, -0.2) is 13.2 Å². The normalized spacial score (nSPS) is 13.7. The van der Waals surface area contributed by atoms with E-state index in [2.05, 4.69) is 4.72 Å². The van der Waals surface area contributed by atoms with E-state index in [0.29, 0.717) is 12.4 Å². The summed E-state index contributed by atoms with van der Waals surface area (Å²) in [6.07, 6.45) is 1.57. The van der Waals surface area contributed by atoms with Crippen LogP contribution in [0.25, 0.3) is 0 Å². The van der Waals surface area contributed by atoms with Crippen molar-refractivity contribution in [3.63, 3.8) is 0 Å². The summed E-state index contributed by atoms with van der Waals surface area (Å²) in [5.41, 5.74) is 0.601. The minimum Gasteiger partial charge on any atom is -0.507 e. The number of carboxylic acid groups (broad SMARTS) is 1. The molecular formula is C16H15NO6S. The van der Waals surface area contributed by atoms with Crippen LogP contribution in [0.1, 0.15) is 22.3 Å². The Labute approximate surface area is 138 Å². The molecule has 2 aromatic carbocycles. The number of sulfonamides is 1. The first-order valence-electron chi connectivity index (χ1n) is 7.22. The first kappa shape index (κ1) is 16.1. The van der Waals surface area contributed by atoms with E-state index >= 15 is 0 Å². The molecule has 0 aromatic heterocycles. The zero-order valence-electron chi connectivity index (χ0n) is 12.5. The maximum atomic E-state index is 12.5. The highest BCUT2D eigenvalue weighted by Crippen LogP contribution is 2.29. The number of anilines is 1. The molecule has 3 rings (SSSR count). The predicted octanol–water partition coefficient (Wildman–Crippen LogP) is 2.22. The largest absolute Gasteiger partial charge is 0.507 e. The minimum absolute atomic E-state index is 0.0754. The number of rotatable bonds is 4. The lowest BCUT2D eigenvalue weighted by Crippen LogP contribution is -2.15. The van der Waals surface area contributed by atoms with Crippen molar-refractivity contribution in [3.05, 3.63) is 47.5 Å². The minimum atomic E-state index is -3.86. The Bertz CT molecular complexity index is 907. The maximum Gasteiger partial charge on any atom is 0.339 e. The van der Waals surface area contributed by atoms with Crippen LogP contribution in [-0.2, 0) is 16.4 Å². The lowest BCUT2D eigenvalue weighted by molar-refractivity contribution is 0.0694. The number of fused-ring (bicyclic) bond motifs is 1. The van der Waals surface area contributed by atoms with Gasteiger partial charge in [-0.15, -0.1) is 0 Å². The van der Waals surface area contributed by atoms with Gasteiger partial charge in [0.15, 0.2) is 0 Å². The van der Waals surface area contributed by atoms with Crippen molar-refractivity contribution in [2.45, 2.75) is 17.7 Å². The molecule has 0 amide bonds. The maximum absolute atomic E-state index is 12.5. The Balaban J connectivity index is 1.89. The number of benzene rings is 2. The summed E-state index contributed by atoms with van der Waals surface area (Å²) < 4.78 is 32.7. The third kappa shape index (κ3) is 3.13. The Kier molecular flexibility index (Phi) is 4.06. The lowest BCUT2D eigenvalue weighted by Gasteiger charge is -2.18. The Morgan fingerprint density at radius 2 is 1.96 bits per heavy atom. The van der Waals surface area contributed by atoms with Crippen LogP contribution in [0.5, 0.6) is 11.5 Å². The van der Waals surface area contributed by atoms with Crippen LogP contribution in [0.3, 0.4) is 0 Å². The van der Waals surface area contributed by atoms with Crippen LogP contribution in [-0.4, -0.2) is 31.2 Å². The van der Waals surface area contributed by atoms with Crippen LogP contribution < -0.4 is 9.46 Å². The van der Waals surface area contributed by atoms with Crippen LogP contribution in [0, 0.1) is 0 Å². The van der Waals surface area contributed by atoms with Crippen LogP contribution in [0.15, 0.2) is 41.3 Å². The number of nitrogens with one attached hydrogen (secondary N) is 1. The molecule has 2 aromatic rings. The molecule has 24 heavy (non-hydrogen) atoms. The zero-order valence-corrected chi connectivity index (χ0v) is 13.3. The molecule has 0 atom stereocenters. The molecule has 0 bridgehead atoms. The second-order valence-electron chi connectivity index (χ2n) is 5.36. The van der Waals surface area contributed by atoms with E-state index in [9.17, 15) is 18.3 Å². The average molecular weight is 349 g/mol. The van der Waals surface area contributed by atoms with Crippen molar-refractivity contribution < 1.29 is 28.2 Å². The molecule has 1 aliphatic heterocycles. The van der Waals surface area contributed by atoms with E-state index in [4.69, 9.17) is 9.84 Å². The van der Waals surface area contributed by atoms with E-state index in [-0.39, 0.29) is 16.1 Å². The summed E-state index contributed by atoms with van der Waals surface area (Å²) in [7, 11) is -3.86. The van der Waals surface area contributed by atoms with E-state index in [1.807, 2.05) is 0 Å². The van der Waals surface area contributed by atoms with Gasteiger partial charge in [-0.2, -0.15) is 0 Å². The molecule has 3 N–H and O–H groups in total. The fourth-order valence-electron chi connectivity index (χ4n) is 2.49. The number of aromatic hydroxyl groups is 1. The molecule has 1 heterocycles. The van der Waals surface area contributed by atoms with Gasteiger partial charge in [0.05, 0.1) is 17.2 Å². The summed E-state index contributed by atoms with van der Waals surface area (Å²) in [6.45, 7) is 0.618. The highest BCUT2D eigenvalue weighted by molar-refractivity contribution is 7.92.